The Morgan fingerprint density at radius 1 is 1.03 bits per heavy atom. The van der Waals surface area contributed by atoms with Gasteiger partial charge < -0.3 is 9.15 Å². The number of halogens is 3. The molecule has 0 aliphatic carbocycles. The molecule has 0 aliphatic heterocycles. The molecule has 0 bridgehead atoms. The number of nitrogens with zero attached hydrogens (tertiary/aromatic N) is 3. The monoisotopic (exact) mass is 431 g/mol. The summed E-state index contributed by atoms with van der Waals surface area (Å²) < 4.78 is 51.7. The normalized spacial score (nSPS) is 11.6. The summed E-state index contributed by atoms with van der Waals surface area (Å²) in [6, 6.07) is 16.1. The quantitative estimate of drug-likeness (QED) is 0.359. The minimum absolute atomic E-state index is 0.287. The van der Waals surface area contributed by atoms with E-state index in [0.29, 0.717) is 33.7 Å². The summed E-state index contributed by atoms with van der Waals surface area (Å²) >= 11 is 1.28. The molecule has 0 aliphatic rings. The van der Waals surface area contributed by atoms with Gasteiger partial charge in [0.25, 0.3) is 0 Å². The maximum absolute atomic E-state index is 13.0. The highest BCUT2D eigenvalue weighted by atomic mass is 32.2. The van der Waals surface area contributed by atoms with Crippen molar-refractivity contribution in [2.24, 2.45) is 0 Å². The lowest BCUT2D eigenvalue weighted by Crippen LogP contribution is -2.05. The molecule has 0 fully saturated rings. The highest BCUT2D eigenvalue weighted by molar-refractivity contribution is 7.98. The summed E-state index contributed by atoms with van der Waals surface area (Å²) in [5, 5.41) is 8.99. The lowest BCUT2D eigenvalue weighted by Gasteiger charge is -2.13. The average molecular weight is 431 g/mol. The average Bonchev–Trinajstić information content (AvgIpc) is 3.41. The van der Waals surface area contributed by atoms with Crippen molar-refractivity contribution in [3.8, 4) is 23.0 Å². The van der Waals surface area contributed by atoms with Gasteiger partial charge in [-0.15, -0.1) is 10.2 Å². The summed E-state index contributed by atoms with van der Waals surface area (Å²) in [7, 11) is 1.56. The van der Waals surface area contributed by atoms with Crippen LogP contribution in [0.4, 0.5) is 13.2 Å². The minimum atomic E-state index is -4.38. The van der Waals surface area contributed by atoms with Crippen LogP contribution >= 0.6 is 11.8 Å². The molecule has 0 saturated carbocycles. The number of hydrogen-bond acceptors (Lipinski definition) is 5. The van der Waals surface area contributed by atoms with Crippen molar-refractivity contribution >= 4 is 11.8 Å². The van der Waals surface area contributed by atoms with E-state index in [9.17, 15) is 13.2 Å². The van der Waals surface area contributed by atoms with Crippen molar-refractivity contribution in [1.29, 1.82) is 0 Å². The molecule has 9 heteroatoms. The molecule has 154 valence electrons. The van der Waals surface area contributed by atoms with Crippen LogP contribution in [0, 0.1) is 0 Å². The molecule has 5 nitrogen and oxygen atoms in total. The molecule has 30 heavy (non-hydrogen) atoms. The summed E-state index contributed by atoms with van der Waals surface area (Å²) in [5.41, 5.74) is 0.551. The highest BCUT2D eigenvalue weighted by Crippen LogP contribution is 2.35. The van der Waals surface area contributed by atoms with Crippen molar-refractivity contribution in [2.45, 2.75) is 17.1 Å². The second kappa shape index (κ2) is 8.27. The van der Waals surface area contributed by atoms with Crippen LogP contribution in [-0.2, 0) is 11.9 Å². The number of para-hydroxylation sites is 2. The highest BCUT2D eigenvalue weighted by Gasteiger charge is 2.30. The first-order valence-corrected chi connectivity index (χ1v) is 9.87. The third kappa shape index (κ3) is 4.06. The van der Waals surface area contributed by atoms with Crippen LogP contribution in [0.3, 0.4) is 0 Å². The molecule has 0 saturated heterocycles. The number of thioether (sulfide) groups is 1. The van der Waals surface area contributed by atoms with Gasteiger partial charge in [-0.3, -0.25) is 4.57 Å². The van der Waals surface area contributed by atoms with Crippen LogP contribution in [0.5, 0.6) is 5.75 Å². The molecule has 2 heterocycles. The first-order valence-electron chi connectivity index (χ1n) is 8.89. The van der Waals surface area contributed by atoms with Crippen molar-refractivity contribution in [3.63, 3.8) is 0 Å². The van der Waals surface area contributed by atoms with E-state index in [1.807, 2.05) is 24.3 Å². The van der Waals surface area contributed by atoms with Gasteiger partial charge in [-0.25, -0.2) is 0 Å². The molecule has 0 spiro atoms. The Kier molecular flexibility index (Phi) is 5.54. The van der Waals surface area contributed by atoms with E-state index in [-0.39, 0.29) is 5.75 Å². The lowest BCUT2D eigenvalue weighted by atomic mass is 10.1. The Balaban J connectivity index is 1.71. The molecular weight excluding hydrogens is 415 g/mol. The van der Waals surface area contributed by atoms with Gasteiger partial charge >= 0.3 is 6.18 Å². The van der Waals surface area contributed by atoms with E-state index in [0.717, 1.165) is 12.1 Å². The molecule has 0 atom stereocenters. The number of benzene rings is 2. The molecule has 0 radical (unpaired) electrons. The first kappa shape index (κ1) is 20.1. The number of rotatable bonds is 6. The SMILES string of the molecule is COc1ccccc1-n1c(SCc2cccc(C(F)(F)F)c2)nnc1-c1ccco1. The zero-order valence-electron chi connectivity index (χ0n) is 15.8. The summed E-state index contributed by atoms with van der Waals surface area (Å²) in [5.74, 6) is 1.87. The summed E-state index contributed by atoms with van der Waals surface area (Å²) in [6.45, 7) is 0. The van der Waals surface area contributed by atoms with Crippen molar-refractivity contribution in [2.75, 3.05) is 7.11 Å². The van der Waals surface area contributed by atoms with Crippen LogP contribution < -0.4 is 4.74 Å². The van der Waals surface area contributed by atoms with Crippen LogP contribution in [0.1, 0.15) is 11.1 Å². The lowest BCUT2D eigenvalue weighted by molar-refractivity contribution is -0.137. The Morgan fingerprint density at radius 2 is 1.87 bits per heavy atom. The fourth-order valence-corrected chi connectivity index (χ4v) is 3.83. The van der Waals surface area contributed by atoms with E-state index in [1.54, 1.807) is 29.9 Å². The van der Waals surface area contributed by atoms with Gasteiger partial charge in [0.1, 0.15) is 5.75 Å². The molecule has 4 aromatic rings. The van der Waals surface area contributed by atoms with E-state index < -0.39 is 11.7 Å². The zero-order chi connectivity index (χ0) is 21.1. The van der Waals surface area contributed by atoms with Gasteiger partial charge in [0, 0.05) is 5.75 Å². The number of alkyl halides is 3. The summed E-state index contributed by atoms with van der Waals surface area (Å²) in [6.07, 6.45) is -2.85. The third-order valence-electron chi connectivity index (χ3n) is 4.32. The van der Waals surface area contributed by atoms with Gasteiger partial charge in [0.15, 0.2) is 10.9 Å². The van der Waals surface area contributed by atoms with Crippen LogP contribution in [0.15, 0.2) is 76.5 Å². The standard InChI is InChI=1S/C21H16F3N3O2S/c1-28-17-9-3-2-8-16(17)27-19(18-10-5-11-29-18)25-26-20(27)30-13-14-6-4-7-15(12-14)21(22,23)24/h2-12H,13H2,1H3. The zero-order valence-corrected chi connectivity index (χ0v) is 16.6. The predicted molar refractivity (Wildman–Crippen MR) is 107 cm³/mol. The molecule has 0 unspecified atom stereocenters. The largest absolute Gasteiger partial charge is 0.495 e. The fourth-order valence-electron chi connectivity index (χ4n) is 2.95. The van der Waals surface area contributed by atoms with E-state index >= 15 is 0 Å². The van der Waals surface area contributed by atoms with Gasteiger partial charge in [-0.05, 0) is 35.9 Å². The Morgan fingerprint density at radius 3 is 2.60 bits per heavy atom. The Bertz CT molecular complexity index is 1140. The van der Waals surface area contributed by atoms with Crippen molar-refractivity contribution in [3.05, 3.63) is 78.1 Å². The number of methoxy groups -OCH3 is 1. The third-order valence-corrected chi connectivity index (χ3v) is 5.32. The molecule has 0 N–H and O–H groups in total. The van der Waals surface area contributed by atoms with Crippen LogP contribution in [-0.4, -0.2) is 21.9 Å². The molecule has 2 aromatic heterocycles. The fraction of sp³-hybridized carbons (Fsp3) is 0.143. The molecular formula is C21H16F3N3O2S. The van der Waals surface area contributed by atoms with Gasteiger partial charge in [0.05, 0.1) is 24.6 Å². The number of furan rings is 1. The number of aromatic nitrogens is 3. The Hall–Kier alpha value is -3.20. The summed E-state index contributed by atoms with van der Waals surface area (Å²) in [4.78, 5) is 0. The second-order valence-corrected chi connectivity index (χ2v) is 7.22. The van der Waals surface area contributed by atoms with Gasteiger partial charge in [-0.1, -0.05) is 42.1 Å². The van der Waals surface area contributed by atoms with Gasteiger partial charge in [0.2, 0.25) is 5.82 Å². The predicted octanol–water partition coefficient (Wildman–Crippen LogP) is 5.85. The topological polar surface area (TPSA) is 53.1 Å². The number of hydrogen-bond donors (Lipinski definition) is 0. The smallest absolute Gasteiger partial charge is 0.416 e. The van der Waals surface area contributed by atoms with Crippen LogP contribution in [0.2, 0.25) is 0 Å². The second-order valence-electron chi connectivity index (χ2n) is 6.28. The van der Waals surface area contributed by atoms with E-state index in [1.165, 1.54) is 24.1 Å². The molecule has 4 rings (SSSR count). The maximum Gasteiger partial charge on any atom is 0.416 e. The van der Waals surface area contributed by atoms with Gasteiger partial charge in [-0.2, -0.15) is 13.2 Å². The van der Waals surface area contributed by atoms with Crippen molar-refractivity contribution in [1.82, 2.24) is 14.8 Å². The van der Waals surface area contributed by atoms with E-state index in [4.69, 9.17) is 9.15 Å². The maximum atomic E-state index is 13.0. The van der Waals surface area contributed by atoms with E-state index in [2.05, 4.69) is 10.2 Å². The first-order chi connectivity index (χ1) is 14.5. The molecule has 2 aromatic carbocycles. The van der Waals surface area contributed by atoms with Crippen LogP contribution in [0.25, 0.3) is 17.3 Å². The molecule has 0 amide bonds. The van der Waals surface area contributed by atoms with Crippen molar-refractivity contribution < 1.29 is 22.3 Å². The Labute approximate surface area is 174 Å². The number of ether oxygens (including phenoxy) is 1. The minimum Gasteiger partial charge on any atom is -0.495 e.